The largest absolute Gasteiger partial charge is 0.319 e. The molecule has 3 rings (SSSR count). The predicted molar refractivity (Wildman–Crippen MR) is 140 cm³/mol. The number of anilines is 1. The molecule has 0 unspecified atom stereocenters. The molecule has 6 nitrogen and oxygen atoms in total. The molecule has 1 aromatic heterocycles. The van der Waals surface area contributed by atoms with Gasteiger partial charge in [-0.25, -0.2) is 4.68 Å². The number of para-hydroxylation sites is 1. The molecule has 0 aliphatic heterocycles. The van der Waals surface area contributed by atoms with Gasteiger partial charge in [-0.05, 0) is 48.4 Å². The zero-order chi connectivity index (χ0) is 25.2. The van der Waals surface area contributed by atoms with E-state index in [1.165, 1.54) is 5.56 Å². The van der Waals surface area contributed by atoms with Gasteiger partial charge in [-0.3, -0.25) is 19.6 Å². The number of nitrogens with zero attached hydrogens (tertiary/aromatic N) is 2. The van der Waals surface area contributed by atoms with Crippen LogP contribution >= 0.6 is 0 Å². The Morgan fingerprint density at radius 2 is 1.53 bits per heavy atom. The Kier molecular flexibility index (Phi) is 7.51. The lowest BCUT2D eigenvalue weighted by molar-refractivity contribution is -0.118. The summed E-state index contributed by atoms with van der Waals surface area (Å²) < 4.78 is 3.33. The number of aromatic nitrogens is 2. The van der Waals surface area contributed by atoms with Crippen molar-refractivity contribution in [2.24, 2.45) is 13.0 Å². The molecule has 0 aliphatic rings. The molecular formula is C28H38N4O2. The molecule has 2 N–H and O–H groups in total. The van der Waals surface area contributed by atoms with E-state index in [0.29, 0.717) is 11.4 Å². The molecule has 0 fully saturated rings. The first-order valence-corrected chi connectivity index (χ1v) is 11.9. The molecule has 182 valence electrons. The van der Waals surface area contributed by atoms with Gasteiger partial charge in [0.15, 0.2) is 0 Å². The van der Waals surface area contributed by atoms with Gasteiger partial charge in [0.1, 0.15) is 5.69 Å². The van der Waals surface area contributed by atoms with Crippen molar-refractivity contribution in [3.63, 3.8) is 0 Å². The summed E-state index contributed by atoms with van der Waals surface area (Å²) in [6, 6.07) is 17.5. The minimum absolute atomic E-state index is 0.00705. The van der Waals surface area contributed by atoms with E-state index < -0.39 is 6.04 Å². The van der Waals surface area contributed by atoms with E-state index in [2.05, 4.69) is 69.5 Å². The number of rotatable bonds is 7. The quantitative estimate of drug-likeness (QED) is 0.514. The number of benzene rings is 2. The van der Waals surface area contributed by atoms with Crippen LogP contribution < -0.4 is 16.2 Å². The third-order valence-corrected chi connectivity index (χ3v) is 6.43. The smallest absolute Gasteiger partial charge is 0.295 e. The van der Waals surface area contributed by atoms with E-state index in [9.17, 15) is 9.59 Å². The Morgan fingerprint density at radius 1 is 0.941 bits per heavy atom. The van der Waals surface area contributed by atoms with Crippen LogP contribution in [0.1, 0.15) is 64.4 Å². The second kappa shape index (κ2) is 10.0. The van der Waals surface area contributed by atoms with Crippen molar-refractivity contribution >= 4 is 11.6 Å². The second-order valence-electron chi connectivity index (χ2n) is 10.4. The summed E-state index contributed by atoms with van der Waals surface area (Å²) in [5, 5.41) is 6.35. The van der Waals surface area contributed by atoms with E-state index in [-0.39, 0.29) is 28.8 Å². The summed E-state index contributed by atoms with van der Waals surface area (Å²) in [4.78, 5) is 26.3. The van der Waals surface area contributed by atoms with Gasteiger partial charge in [-0.2, -0.15) is 0 Å². The lowest BCUT2D eigenvalue weighted by Gasteiger charge is -2.27. The van der Waals surface area contributed by atoms with Gasteiger partial charge >= 0.3 is 0 Å². The number of carbonyl (C=O) groups is 1. The van der Waals surface area contributed by atoms with Crippen molar-refractivity contribution in [3.05, 3.63) is 81.8 Å². The second-order valence-corrected chi connectivity index (χ2v) is 10.4. The molecule has 0 saturated heterocycles. The van der Waals surface area contributed by atoms with Crippen LogP contribution in [0.2, 0.25) is 0 Å². The van der Waals surface area contributed by atoms with Crippen molar-refractivity contribution in [3.8, 4) is 5.69 Å². The number of hydrogen-bond donors (Lipinski definition) is 2. The molecule has 0 saturated carbocycles. The number of nitrogens with one attached hydrogen (secondary N) is 2. The van der Waals surface area contributed by atoms with Gasteiger partial charge < -0.3 is 5.32 Å². The highest BCUT2D eigenvalue weighted by molar-refractivity contribution is 5.95. The lowest BCUT2D eigenvalue weighted by atomic mass is 9.85. The first-order chi connectivity index (χ1) is 15.9. The van der Waals surface area contributed by atoms with Crippen molar-refractivity contribution in [1.29, 1.82) is 0 Å². The first kappa shape index (κ1) is 25.5. The minimum Gasteiger partial charge on any atom is -0.319 e. The zero-order valence-electron chi connectivity index (χ0n) is 21.6. The van der Waals surface area contributed by atoms with Gasteiger partial charge in [0.25, 0.3) is 5.56 Å². The number of carbonyl (C=O) groups excluding carboxylic acids is 1. The maximum Gasteiger partial charge on any atom is 0.295 e. The topological polar surface area (TPSA) is 68.1 Å². The molecule has 3 aromatic rings. The van der Waals surface area contributed by atoms with E-state index in [0.717, 1.165) is 11.3 Å². The summed E-state index contributed by atoms with van der Waals surface area (Å²) >= 11 is 0. The van der Waals surface area contributed by atoms with Crippen LogP contribution in [0, 0.1) is 12.8 Å². The molecule has 0 spiro atoms. The Morgan fingerprint density at radius 3 is 2.06 bits per heavy atom. The Labute approximate surface area is 203 Å². The average molecular weight is 463 g/mol. The van der Waals surface area contributed by atoms with E-state index >= 15 is 0 Å². The van der Waals surface area contributed by atoms with Crippen LogP contribution in [0.3, 0.4) is 0 Å². The van der Waals surface area contributed by atoms with Gasteiger partial charge in [0.05, 0.1) is 17.4 Å². The Bertz CT molecular complexity index is 1180. The highest BCUT2D eigenvalue weighted by Gasteiger charge is 2.25. The fraction of sp³-hybridized carbons (Fsp3) is 0.429. The van der Waals surface area contributed by atoms with Crippen LogP contribution in [-0.2, 0) is 17.3 Å². The van der Waals surface area contributed by atoms with Gasteiger partial charge in [0.2, 0.25) is 5.91 Å². The molecule has 1 amide bonds. The third-order valence-electron chi connectivity index (χ3n) is 6.43. The summed E-state index contributed by atoms with van der Waals surface area (Å²) in [5.74, 6) is 0.0486. The number of hydrogen-bond acceptors (Lipinski definition) is 3. The standard InChI is InChI=1S/C28H38N4O2/c1-18(2)24(21-14-16-22(17-15-21)28(5,6)7)29-19(3)26(33)30-25-20(4)31(8)32(27(25)34)23-12-10-9-11-13-23/h9-19,24,29H,1-8H3,(H,30,33)/t19-,24-/m1/s1. The molecule has 2 atom stereocenters. The zero-order valence-corrected chi connectivity index (χ0v) is 21.6. The third kappa shape index (κ3) is 5.33. The van der Waals surface area contributed by atoms with Crippen molar-refractivity contribution in [2.45, 2.75) is 66.0 Å². The SMILES string of the molecule is Cc1c(NC(=O)[C@@H](C)N[C@@H](c2ccc(C(C)(C)C)cc2)C(C)C)c(=O)n(-c2ccccc2)n1C. The molecule has 34 heavy (non-hydrogen) atoms. The highest BCUT2D eigenvalue weighted by Crippen LogP contribution is 2.27. The summed E-state index contributed by atoms with van der Waals surface area (Å²) in [5.41, 5.74) is 4.03. The van der Waals surface area contributed by atoms with E-state index in [4.69, 9.17) is 0 Å². The fourth-order valence-electron chi connectivity index (χ4n) is 4.15. The van der Waals surface area contributed by atoms with Crippen molar-refractivity contribution in [1.82, 2.24) is 14.7 Å². The van der Waals surface area contributed by atoms with Gasteiger partial charge in [-0.1, -0.05) is 77.1 Å². The van der Waals surface area contributed by atoms with E-state index in [1.807, 2.05) is 51.2 Å². The fourth-order valence-corrected chi connectivity index (χ4v) is 4.15. The Balaban J connectivity index is 1.80. The van der Waals surface area contributed by atoms with Gasteiger partial charge in [0, 0.05) is 13.1 Å². The molecule has 1 heterocycles. The maximum absolute atomic E-state index is 13.1. The first-order valence-electron chi connectivity index (χ1n) is 11.9. The number of amides is 1. The molecule has 6 heteroatoms. The molecule has 0 bridgehead atoms. The lowest BCUT2D eigenvalue weighted by Crippen LogP contribution is -2.42. The molecule has 0 radical (unpaired) electrons. The Hall–Kier alpha value is -3.12. The predicted octanol–water partition coefficient (Wildman–Crippen LogP) is 5.10. The molecule has 0 aliphatic carbocycles. The van der Waals surface area contributed by atoms with Crippen LogP contribution in [-0.4, -0.2) is 21.3 Å². The molecule has 2 aromatic carbocycles. The van der Waals surface area contributed by atoms with Crippen LogP contribution in [0.4, 0.5) is 5.69 Å². The monoisotopic (exact) mass is 462 g/mol. The summed E-state index contributed by atoms with van der Waals surface area (Å²) in [6.07, 6.45) is 0. The van der Waals surface area contributed by atoms with E-state index in [1.54, 1.807) is 9.36 Å². The van der Waals surface area contributed by atoms with Crippen LogP contribution in [0.25, 0.3) is 5.69 Å². The van der Waals surface area contributed by atoms with Crippen molar-refractivity contribution < 1.29 is 4.79 Å². The summed E-state index contributed by atoms with van der Waals surface area (Å²) in [6.45, 7) is 14.5. The minimum atomic E-state index is -0.487. The van der Waals surface area contributed by atoms with Gasteiger partial charge in [-0.15, -0.1) is 0 Å². The van der Waals surface area contributed by atoms with Crippen LogP contribution in [0.15, 0.2) is 59.4 Å². The molecular weight excluding hydrogens is 424 g/mol. The average Bonchev–Trinajstić information content (AvgIpc) is 3.00. The maximum atomic E-state index is 13.1. The normalized spacial score (nSPS) is 13.7. The van der Waals surface area contributed by atoms with Crippen molar-refractivity contribution in [2.75, 3.05) is 5.32 Å². The highest BCUT2D eigenvalue weighted by atomic mass is 16.2. The summed E-state index contributed by atoms with van der Waals surface area (Å²) in [7, 11) is 1.82. The van der Waals surface area contributed by atoms with Crippen LogP contribution in [0.5, 0.6) is 0 Å².